The van der Waals surface area contributed by atoms with Crippen molar-refractivity contribution >= 4 is 11.6 Å². The van der Waals surface area contributed by atoms with E-state index in [0.717, 1.165) is 0 Å². The summed E-state index contributed by atoms with van der Waals surface area (Å²) < 4.78 is 5.46. The Labute approximate surface area is 92.7 Å². The Kier molecular flexibility index (Phi) is 2.79. The number of aromatic hydroxyl groups is 1. The van der Waals surface area contributed by atoms with Gasteiger partial charge in [0.25, 0.3) is 0 Å². The second kappa shape index (κ2) is 4.24. The highest BCUT2D eigenvalue weighted by Gasteiger charge is 1.97. The van der Waals surface area contributed by atoms with Gasteiger partial charge in [-0.2, -0.15) is 0 Å². The molecule has 0 atom stereocenters. The Morgan fingerprint density at radius 2 is 1.80 bits per heavy atom. The van der Waals surface area contributed by atoms with Gasteiger partial charge in [0, 0.05) is 11.1 Å². The van der Waals surface area contributed by atoms with E-state index in [9.17, 15) is 0 Å². The predicted octanol–water partition coefficient (Wildman–Crippen LogP) is 3.64. The van der Waals surface area contributed by atoms with Crippen molar-refractivity contribution in [3.63, 3.8) is 0 Å². The minimum Gasteiger partial charge on any atom is -0.508 e. The lowest BCUT2D eigenvalue weighted by Gasteiger charge is -2.04. The van der Waals surface area contributed by atoms with Crippen LogP contribution in [-0.4, -0.2) is 5.11 Å². The maximum atomic E-state index is 9.08. The maximum Gasteiger partial charge on any atom is 0.135 e. The molecule has 2 aromatic rings. The Morgan fingerprint density at radius 3 is 2.40 bits per heavy atom. The van der Waals surface area contributed by atoms with E-state index in [-0.39, 0.29) is 5.75 Å². The van der Waals surface area contributed by atoms with Crippen LogP contribution in [-0.2, 0) is 0 Å². The van der Waals surface area contributed by atoms with Crippen molar-refractivity contribution in [2.45, 2.75) is 0 Å². The molecule has 0 aliphatic rings. The summed E-state index contributed by atoms with van der Waals surface area (Å²) in [6.45, 7) is 0. The second-order valence-corrected chi connectivity index (χ2v) is 3.40. The molecule has 0 bridgehead atoms. The number of ether oxygens (including phenoxy) is 1. The summed E-state index contributed by atoms with van der Waals surface area (Å²) in [6.07, 6.45) is 0. The van der Waals surface area contributed by atoms with Crippen LogP contribution in [0.3, 0.4) is 0 Å². The van der Waals surface area contributed by atoms with E-state index in [1.807, 2.05) is 0 Å². The third kappa shape index (κ3) is 2.64. The number of hydrogen-bond donors (Lipinski definition) is 1. The van der Waals surface area contributed by atoms with E-state index in [2.05, 4.69) is 6.07 Å². The van der Waals surface area contributed by atoms with E-state index in [1.165, 1.54) is 0 Å². The standard InChI is InChI=1S/C12H8ClO2/c13-9-1-5-11(6-2-9)15-12-7-3-10(14)4-8-12/h1-5,7-8,14H. The minimum atomic E-state index is 0.211. The third-order valence-electron chi connectivity index (χ3n) is 1.81. The first-order chi connectivity index (χ1) is 7.24. The molecule has 0 saturated heterocycles. The van der Waals surface area contributed by atoms with E-state index in [4.69, 9.17) is 21.4 Å². The van der Waals surface area contributed by atoms with Gasteiger partial charge in [-0.3, -0.25) is 0 Å². The molecule has 1 N–H and O–H groups in total. The maximum absolute atomic E-state index is 9.08. The van der Waals surface area contributed by atoms with Crippen molar-refractivity contribution in [1.82, 2.24) is 0 Å². The van der Waals surface area contributed by atoms with E-state index < -0.39 is 0 Å². The van der Waals surface area contributed by atoms with Crippen molar-refractivity contribution in [3.8, 4) is 17.2 Å². The van der Waals surface area contributed by atoms with Gasteiger partial charge < -0.3 is 9.84 Å². The molecule has 75 valence electrons. The van der Waals surface area contributed by atoms with Crippen LogP contribution in [0, 0.1) is 6.07 Å². The summed E-state index contributed by atoms with van der Waals surface area (Å²) in [4.78, 5) is 0. The topological polar surface area (TPSA) is 29.5 Å². The minimum absolute atomic E-state index is 0.211. The van der Waals surface area contributed by atoms with Gasteiger partial charge in [0.1, 0.15) is 17.2 Å². The molecule has 15 heavy (non-hydrogen) atoms. The van der Waals surface area contributed by atoms with Gasteiger partial charge in [0.15, 0.2) is 0 Å². The van der Waals surface area contributed by atoms with Crippen LogP contribution < -0.4 is 4.74 Å². The summed E-state index contributed by atoms with van der Waals surface area (Å²) in [7, 11) is 0. The van der Waals surface area contributed by atoms with Gasteiger partial charge in [-0.05, 0) is 42.5 Å². The van der Waals surface area contributed by atoms with Crippen LogP contribution in [0.25, 0.3) is 0 Å². The molecule has 0 aliphatic heterocycles. The molecule has 0 aliphatic carbocycles. The lowest BCUT2D eigenvalue weighted by Crippen LogP contribution is -1.82. The normalized spacial score (nSPS) is 9.93. The Balaban J connectivity index is 2.15. The number of halogens is 1. The average molecular weight is 220 g/mol. The molecule has 0 unspecified atom stereocenters. The summed E-state index contributed by atoms with van der Waals surface area (Å²) in [6, 6.07) is 14.5. The number of rotatable bonds is 2. The predicted molar refractivity (Wildman–Crippen MR) is 58.5 cm³/mol. The molecule has 0 saturated carbocycles. The number of benzene rings is 2. The lowest BCUT2D eigenvalue weighted by molar-refractivity contribution is 0.464. The van der Waals surface area contributed by atoms with Crippen LogP contribution in [0.2, 0.25) is 5.02 Å². The fraction of sp³-hybridized carbons (Fsp3) is 0. The van der Waals surface area contributed by atoms with Gasteiger partial charge in [-0.15, -0.1) is 0 Å². The van der Waals surface area contributed by atoms with Crippen molar-refractivity contribution in [2.24, 2.45) is 0 Å². The SMILES string of the molecule is Oc1ccc(Oc2[c]cc(Cl)cc2)cc1. The van der Waals surface area contributed by atoms with Crippen LogP contribution in [0.5, 0.6) is 17.2 Å². The van der Waals surface area contributed by atoms with E-state index >= 15 is 0 Å². The van der Waals surface area contributed by atoms with Gasteiger partial charge in [-0.1, -0.05) is 11.6 Å². The zero-order chi connectivity index (χ0) is 10.7. The first-order valence-corrected chi connectivity index (χ1v) is 4.76. The van der Waals surface area contributed by atoms with Crippen LogP contribution >= 0.6 is 11.6 Å². The molecule has 0 heterocycles. The molecule has 3 heteroatoms. The van der Waals surface area contributed by atoms with Gasteiger partial charge >= 0.3 is 0 Å². The van der Waals surface area contributed by atoms with Crippen molar-refractivity contribution < 1.29 is 9.84 Å². The van der Waals surface area contributed by atoms with Crippen LogP contribution in [0.4, 0.5) is 0 Å². The summed E-state index contributed by atoms with van der Waals surface area (Å²) in [5.74, 6) is 1.44. The smallest absolute Gasteiger partial charge is 0.135 e. The van der Waals surface area contributed by atoms with Gasteiger partial charge in [-0.25, -0.2) is 0 Å². The number of phenolic OH excluding ortho intramolecular Hbond substituents is 1. The Morgan fingerprint density at radius 1 is 1.07 bits per heavy atom. The lowest BCUT2D eigenvalue weighted by atomic mass is 10.3. The highest BCUT2D eigenvalue weighted by molar-refractivity contribution is 6.30. The van der Waals surface area contributed by atoms with Crippen molar-refractivity contribution in [2.75, 3.05) is 0 Å². The molecule has 2 nitrogen and oxygen atoms in total. The van der Waals surface area contributed by atoms with Gasteiger partial charge in [0.2, 0.25) is 0 Å². The number of phenols is 1. The highest BCUT2D eigenvalue weighted by atomic mass is 35.5. The molecule has 0 amide bonds. The first-order valence-electron chi connectivity index (χ1n) is 4.38. The quantitative estimate of drug-likeness (QED) is 0.836. The molecular weight excluding hydrogens is 212 g/mol. The van der Waals surface area contributed by atoms with Crippen LogP contribution in [0.1, 0.15) is 0 Å². The molecule has 0 fully saturated rings. The Hall–Kier alpha value is -1.67. The van der Waals surface area contributed by atoms with Gasteiger partial charge in [0.05, 0.1) is 0 Å². The van der Waals surface area contributed by atoms with E-state index in [1.54, 1.807) is 42.5 Å². The molecule has 0 spiro atoms. The molecule has 1 radical (unpaired) electrons. The van der Waals surface area contributed by atoms with E-state index in [0.29, 0.717) is 16.5 Å². The second-order valence-electron chi connectivity index (χ2n) is 2.97. The molecule has 2 rings (SSSR count). The van der Waals surface area contributed by atoms with Crippen LogP contribution in [0.15, 0.2) is 42.5 Å². The van der Waals surface area contributed by atoms with Crippen molar-refractivity contribution in [3.05, 3.63) is 53.6 Å². The summed E-state index contributed by atoms with van der Waals surface area (Å²) in [5.41, 5.74) is 0. The monoisotopic (exact) mass is 219 g/mol. The third-order valence-corrected chi connectivity index (χ3v) is 2.05. The largest absolute Gasteiger partial charge is 0.508 e. The fourth-order valence-electron chi connectivity index (χ4n) is 1.10. The Bertz CT molecular complexity index is 391. The zero-order valence-corrected chi connectivity index (χ0v) is 8.53. The summed E-state index contributed by atoms with van der Waals surface area (Å²) >= 11 is 5.72. The number of hydrogen-bond acceptors (Lipinski definition) is 2. The zero-order valence-electron chi connectivity index (χ0n) is 7.77. The molecule has 2 aromatic carbocycles. The fourth-order valence-corrected chi connectivity index (χ4v) is 1.21. The summed E-state index contributed by atoms with van der Waals surface area (Å²) in [5, 5.41) is 9.70. The first kappa shape index (κ1) is 9.87. The molecule has 0 aromatic heterocycles. The highest BCUT2D eigenvalue weighted by Crippen LogP contribution is 2.23. The molecular formula is C12H8ClO2. The average Bonchev–Trinajstić information content (AvgIpc) is 2.25. The van der Waals surface area contributed by atoms with Crippen molar-refractivity contribution in [1.29, 1.82) is 0 Å².